The molecule has 0 N–H and O–H groups in total. The summed E-state index contributed by atoms with van der Waals surface area (Å²) in [6, 6.07) is 0. The van der Waals surface area contributed by atoms with E-state index in [1.165, 1.54) is 5.57 Å². The van der Waals surface area contributed by atoms with E-state index in [4.69, 9.17) is 0 Å². The van der Waals surface area contributed by atoms with Crippen LogP contribution in [0.1, 0.15) is 27.7 Å². The quantitative estimate of drug-likeness (QED) is 0.435. The summed E-state index contributed by atoms with van der Waals surface area (Å²) in [4.78, 5) is 0. The molecule has 0 saturated carbocycles. The summed E-state index contributed by atoms with van der Waals surface area (Å²) < 4.78 is 0. The molecule has 0 radical (unpaired) electrons. The normalized spacial score (nSPS) is 13.7. The van der Waals surface area contributed by atoms with E-state index in [9.17, 15) is 0 Å². The summed E-state index contributed by atoms with van der Waals surface area (Å²) in [5.74, 6) is 0.410. The Morgan fingerprint density at radius 3 is 2.00 bits per heavy atom. The molecule has 1 atom stereocenters. The molecule has 0 aliphatic heterocycles. The third-order valence-corrected chi connectivity index (χ3v) is 3.00. The molecule has 0 fully saturated rings. The zero-order valence-electron chi connectivity index (χ0n) is 8.78. The Labute approximate surface area is 76.7 Å². The Bertz CT molecular complexity index is 206. The molecule has 0 spiro atoms. The van der Waals surface area contributed by atoms with Gasteiger partial charge in [0.25, 0.3) is 0 Å². The van der Waals surface area contributed by atoms with Crippen LogP contribution in [0.25, 0.3) is 0 Å². The number of rotatable bonds is 4. The van der Waals surface area contributed by atoms with Crippen LogP contribution in [0.5, 0.6) is 0 Å². The first kappa shape index (κ1) is 11.2. The molecule has 0 aromatic rings. The van der Waals surface area contributed by atoms with E-state index >= 15 is 0 Å². The Morgan fingerprint density at radius 2 is 1.75 bits per heavy atom. The van der Waals surface area contributed by atoms with Crippen LogP contribution in [-0.2, 0) is 0 Å². The highest BCUT2D eigenvalue weighted by atomic mass is 14.3. The summed E-state index contributed by atoms with van der Waals surface area (Å²) >= 11 is 0. The Morgan fingerprint density at radius 1 is 1.33 bits per heavy atom. The van der Waals surface area contributed by atoms with Crippen molar-refractivity contribution in [3.8, 4) is 0 Å². The smallest absolute Gasteiger partial charge is 0.00844 e. The van der Waals surface area contributed by atoms with E-state index in [2.05, 4.69) is 47.4 Å². The fourth-order valence-corrected chi connectivity index (χ4v) is 1.01. The molecule has 0 nitrogen and oxygen atoms in total. The van der Waals surface area contributed by atoms with Crippen molar-refractivity contribution in [1.82, 2.24) is 0 Å². The van der Waals surface area contributed by atoms with Gasteiger partial charge in [-0.2, -0.15) is 0 Å². The van der Waals surface area contributed by atoms with E-state index in [0.717, 1.165) is 5.57 Å². The summed E-state index contributed by atoms with van der Waals surface area (Å²) in [7, 11) is 0. The standard InChI is InChI=1S/C12H20/c1-8-10(4)11(5)12(6,7)9(2)3/h8,11H,1-2,4H2,3,5-7H3. The minimum atomic E-state index is 0.116. The van der Waals surface area contributed by atoms with Crippen LogP contribution < -0.4 is 0 Å². The Kier molecular flexibility index (Phi) is 3.51. The molecular weight excluding hydrogens is 144 g/mol. The molecule has 0 rings (SSSR count). The molecule has 12 heavy (non-hydrogen) atoms. The molecule has 0 aromatic carbocycles. The van der Waals surface area contributed by atoms with Crippen LogP contribution in [-0.4, -0.2) is 0 Å². The summed E-state index contributed by atoms with van der Waals surface area (Å²) in [5, 5.41) is 0. The SMILES string of the molecule is C=CC(=C)C(C)C(C)(C)C(=C)C. The zero-order chi connectivity index (χ0) is 9.94. The number of allylic oxidation sites excluding steroid dienone is 3. The van der Waals surface area contributed by atoms with E-state index in [0.29, 0.717) is 5.92 Å². The molecule has 1 unspecified atom stereocenters. The fraction of sp³-hybridized carbons (Fsp3) is 0.500. The van der Waals surface area contributed by atoms with Crippen molar-refractivity contribution in [2.45, 2.75) is 27.7 Å². The van der Waals surface area contributed by atoms with Crippen molar-refractivity contribution in [2.75, 3.05) is 0 Å². The molecule has 68 valence electrons. The monoisotopic (exact) mass is 164 g/mol. The maximum atomic E-state index is 3.99. The lowest BCUT2D eigenvalue weighted by Crippen LogP contribution is -2.23. The number of hydrogen-bond acceptors (Lipinski definition) is 0. The van der Waals surface area contributed by atoms with Gasteiger partial charge in [0.1, 0.15) is 0 Å². The van der Waals surface area contributed by atoms with Crippen LogP contribution >= 0.6 is 0 Å². The summed E-state index contributed by atoms with van der Waals surface area (Å²) in [6.07, 6.45) is 1.83. The molecular formula is C12H20. The molecule has 0 amide bonds. The zero-order valence-corrected chi connectivity index (χ0v) is 8.78. The summed E-state index contributed by atoms with van der Waals surface area (Å²) in [6.45, 7) is 20.3. The number of hydrogen-bond donors (Lipinski definition) is 0. The van der Waals surface area contributed by atoms with Crippen LogP contribution in [0.3, 0.4) is 0 Å². The largest absolute Gasteiger partial charge is 0.0996 e. The minimum Gasteiger partial charge on any atom is -0.0996 e. The first-order chi connectivity index (χ1) is 5.34. The third kappa shape index (κ3) is 2.10. The highest BCUT2D eigenvalue weighted by Gasteiger charge is 2.27. The topological polar surface area (TPSA) is 0 Å². The van der Waals surface area contributed by atoms with Crippen LogP contribution in [0.2, 0.25) is 0 Å². The maximum absolute atomic E-state index is 3.99. The lowest BCUT2D eigenvalue weighted by atomic mass is 9.72. The van der Waals surface area contributed by atoms with Gasteiger partial charge in [-0.05, 0) is 18.3 Å². The first-order valence-electron chi connectivity index (χ1n) is 4.31. The van der Waals surface area contributed by atoms with Crippen molar-refractivity contribution < 1.29 is 0 Å². The predicted molar refractivity (Wildman–Crippen MR) is 57.1 cm³/mol. The minimum absolute atomic E-state index is 0.116. The highest BCUT2D eigenvalue weighted by Crippen LogP contribution is 2.37. The molecule has 0 heterocycles. The van der Waals surface area contributed by atoms with Crippen LogP contribution in [0.15, 0.2) is 37.0 Å². The second-order valence-electron chi connectivity index (χ2n) is 4.00. The van der Waals surface area contributed by atoms with Gasteiger partial charge in [0.15, 0.2) is 0 Å². The first-order valence-corrected chi connectivity index (χ1v) is 4.31. The lowest BCUT2D eigenvalue weighted by Gasteiger charge is -2.33. The van der Waals surface area contributed by atoms with E-state index < -0.39 is 0 Å². The molecule has 0 aromatic heterocycles. The molecule has 0 saturated heterocycles. The Balaban J connectivity index is 4.67. The fourth-order valence-electron chi connectivity index (χ4n) is 1.01. The lowest BCUT2D eigenvalue weighted by molar-refractivity contribution is 0.334. The maximum Gasteiger partial charge on any atom is -0.00844 e. The van der Waals surface area contributed by atoms with Crippen molar-refractivity contribution in [2.24, 2.45) is 11.3 Å². The van der Waals surface area contributed by atoms with E-state index in [1.807, 2.05) is 6.08 Å². The van der Waals surface area contributed by atoms with Gasteiger partial charge < -0.3 is 0 Å². The van der Waals surface area contributed by atoms with Crippen molar-refractivity contribution in [1.29, 1.82) is 0 Å². The van der Waals surface area contributed by atoms with Crippen LogP contribution in [0.4, 0.5) is 0 Å². The van der Waals surface area contributed by atoms with Gasteiger partial charge in [-0.1, -0.05) is 57.7 Å². The molecule has 0 aliphatic carbocycles. The van der Waals surface area contributed by atoms with E-state index in [-0.39, 0.29) is 5.41 Å². The van der Waals surface area contributed by atoms with Crippen molar-refractivity contribution in [3.63, 3.8) is 0 Å². The predicted octanol–water partition coefficient (Wildman–Crippen LogP) is 3.97. The van der Waals surface area contributed by atoms with Gasteiger partial charge in [-0.15, -0.1) is 0 Å². The van der Waals surface area contributed by atoms with Gasteiger partial charge in [0.2, 0.25) is 0 Å². The third-order valence-electron chi connectivity index (χ3n) is 3.00. The molecule has 0 aliphatic rings. The second-order valence-corrected chi connectivity index (χ2v) is 4.00. The average molecular weight is 164 g/mol. The van der Waals surface area contributed by atoms with Gasteiger partial charge in [0, 0.05) is 0 Å². The summed E-state index contributed by atoms with van der Waals surface area (Å²) in [5.41, 5.74) is 2.40. The molecule has 0 heteroatoms. The Hall–Kier alpha value is -0.780. The van der Waals surface area contributed by atoms with Crippen molar-refractivity contribution in [3.05, 3.63) is 37.0 Å². The van der Waals surface area contributed by atoms with Gasteiger partial charge >= 0.3 is 0 Å². The second kappa shape index (κ2) is 3.75. The van der Waals surface area contributed by atoms with E-state index in [1.54, 1.807) is 0 Å². The van der Waals surface area contributed by atoms with Gasteiger partial charge in [-0.25, -0.2) is 0 Å². The van der Waals surface area contributed by atoms with Gasteiger partial charge in [0.05, 0.1) is 0 Å². The highest BCUT2D eigenvalue weighted by molar-refractivity contribution is 5.21. The van der Waals surface area contributed by atoms with Crippen LogP contribution in [0, 0.1) is 11.3 Å². The average Bonchev–Trinajstić information content (AvgIpc) is 2.01. The molecule has 0 bridgehead atoms. The van der Waals surface area contributed by atoms with Crippen molar-refractivity contribution >= 4 is 0 Å². The van der Waals surface area contributed by atoms with Gasteiger partial charge in [-0.3, -0.25) is 0 Å².